The van der Waals surface area contributed by atoms with Gasteiger partial charge in [-0.2, -0.15) is 5.10 Å². The molecular formula is C21H18ClFN6O2S2. The SMILES string of the molecule is CN1C(N)=NC(C)(c2sc3c(-c4ccc(-c5cn[nH]c5)cc4F)nccc3c2Cl)CS1(=O)=O. The van der Waals surface area contributed by atoms with Crippen molar-refractivity contribution in [3.05, 3.63) is 58.6 Å². The number of nitrogens with two attached hydrogens (primary N) is 1. The van der Waals surface area contributed by atoms with Crippen LogP contribution >= 0.6 is 22.9 Å². The lowest BCUT2D eigenvalue weighted by Crippen LogP contribution is -2.50. The van der Waals surface area contributed by atoms with E-state index in [4.69, 9.17) is 17.3 Å². The number of H-pyrrole nitrogens is 1. The van der Waals surface area contributed by atoms with Crippen molar-refractivity contribution in [3.8, 4) is 22.4 Å². The molecule has 8 nitrogen and oxygen atoms in total. The first-order valence-corrected chi connectivity index (χ1v) is 12.6. The minimum Gasteiger partial charge on any atom is -0.369 e. The predicted molar refractivity (Wildman–Crippen MR) is 128 cm³/mol. The summed E-state index contributed by atoms with van der Waals surface area (Å²) in [6, 6.07) is 6.59. The molecule has 3 aromatic heterocycles. The molecule has 3 N–H and O–H groups in total. The minimum absolute atomic E-state index is 0.114. The molecule has 4 aromatic rings. The molecule has 1 atom stereocenters. The molecule has 0 radical (unpaired) electrons. The second-order valence-electron chi connectivity index (χ2n) is 7.93. The van der Waals surface area contributed by atoms with E-state index in [2.05, 4.69) is 20.2 Å². The number of sulfonamides is 1. The molecule has 0 aliphatic carbocycles. The molecule has 1 aliphatic heterocycles. The highest BCUT2D eigenvalue weighted by Gasteiger charge is 2.43. The topological polar surface area (TPSA) is 117 Å². The van der Waals surface area contributed by atoms with Crippen LogP contribution < -0.4 is 5.73 Å². The smallest absolute Gasteiger partial charge is 0.239 e. The van der Waals surface area contributed by atoms with Crippen molar-refractivity contribution in [1.82, 2.24) is 19.5 Å². The van der Waals surface area contributed by atoms with Crippen LogP contribution in [0.1, 0.15) is 11.8 Å². The molecule has 1 aliphatic rings. The third-order valence-electron chi connectivity index (χ3n) is 5.65. The number of fused-ring (bicyclic) bond motifs is 1. The van der Waals surface area contributed by atoms with Crippen molar-refractivity contribution in [3.63, 3.8) is 0 Å². The zero-order chi connectivity index (χ0) is 23.5. The fourth-order valence-electron chi connectivity index (χ4n) is 3.89. The summed E-state index contributed by atoms with van der Waals surface area (Å²) in [5.41, 5.74) is 6.88. The molecule has 1 aromatic carbocycles. The number of nitrogens with one attached hydrogen (secondary N) is 1. The number of guanidine groups is 1. The summed E-state index contributed by atoms with van der Waals surface area (Å²) in [7, 11) is -2.31. The number of aromatic nitrogens is 3. The number of aromatic amines is 1. The van der Waals surface area contributed by atoms with E-state index in [9.17, 15) is 8.42 Å². The molecule has 33 heavy (non-hydrogen) atoms. The number of nitrogens with zero attached hydrogens (tertiary/aromatic N) is 4. The molecule has 0 saturated heterocycles. The Kier molecular flexibility index (Phi) is 4.96. The van der Waals surface area contributed by atoms with Crippen molar-refractivity contribution < 1.29 is 12.8 Å². The van der Waals surface area contributed by atoms with E-state index < -0.39 is 21.4 Å². The number of aliphatic imine (C=N–C) groups is 1. The van der Waals surface area contributed by atoms with Crippen molar-refractivity contribution in [1.29, 1.82) is 0 Å². The molecule has 0 spiro atoms. The highest BCUT2D eigenvalue weighted by atomic mass is 35.5. The number of rotatable bonds is 3. The van der Waals surface area contributed by atoms with Gasteiger partial charge in [-0.3, -0.25) is 10.1 Å². The molecule has 12 heteroatoms. The third kappa shape index (κ3) is 3.47. The van der Waals surface area contributed by atoms with Crippen molar-refractivity contribution in [2.45, 2.75) is 12.5 Å². The van der Waals surface area contributed by atoms with Crippen LogP contribution in [0.15, 0.2) is 47.8 Å². The summed E-state index contributed by atoms with van der Waals surface area (Å²) in [5, 5.41) is 7.60. The van der Waals surface area contributed by atoms with E-state index >= 15 is 4.39 Å². The van der Waals surface area contributed by atoms with Crippen LogP contribution in [-0.2, 0) is 15.6 Å². The maximum Gasteiger partial charge on any atom is 0.239 e. The molecular weight excluding hydrogens is 487 g/mol. The van der Waals surface area contributed by atoms with E-state index in [1.54, 1.807) is 43.7 Å². The largest absolute Gasteiger partial charge is 0.369 e. The van der Waals surface area contributed by atoms with Gasteiger partial charge in [0.15, 0.2) is 0 Å². The Morgan fingerprint density at radius 3 is 2.76 bits per heavy atom. The monoisotopic (exact) mass is 504 g/mol. The highest BCUT2D eigenvalue weighted by Crippen LogP contribution is 2.47. The maximum atomic E-state index is 15.2. The van der Waals surface area contributed by atoms with Gasteiger partial charge in [0, 0.05) is 36.0 Å². The van der Waals surface area contributed by atoms with Gasteiger partial charge in [-0.15, -0.1) is 11.3 Å². The van der Waals surface area contributed by atoms with Crippen molar-refractivity contribution in [2.24, 2.45) is 10.7 Å². The van der Waals surface area contributed by atoms with Crippen LogP contribution in [0.4, 0.5) is 4.39 Å². The average molecular weight is 505 g/mol. The summed E-state index contributed by atoms with van der Waals surface area (Å²) in [4.78, 5) is 9.39. The Morgan fingerprint density at radius 2 is 2.09 bits per heavy atom. The lowest BCUT2D eigenvalue weighted by Gasteiger charge is -2.33. The van der Waals surface area contributed by atoms with Gasteiger partial charge in [0.25, 0.3) is 0 Å². The van der Waals surface area contributed by atoms with E-state index in [1.807, 2.05) is 0 Å². The number of halogens is 2. The van der Waals surface area contributed by atoms with E-state index in [0.29, 0.717) is 36.8 Å². The number of hydrogen-bond acceptors (Lipinski definition) is 7. The first-order chi connectivity index (χ1) is 15.6. The van der Waals surface area contributed by atoms with Crippen LogP contribution in [0.25, 0.3) is 32.5 Å². The molecule has 4 heterocycles. The molecule has 0 fully saturated rings. The van der Waals surface area contributed by atoms with E-state index in [-0.39, 0.29) is 11.7 Å². The number of hydrogen-bond donors (Lipinski definition) is 2. The van der Waals surface area contributed by atoms with Gasteiger partial charge >= 0.3 is 0 Å². The van der Waals surface area contributed by atoms with Gasteiger partial charge in [0.2, 0.25) is 16.0 Å². The lowest BCUT2D eigenvalue weighted by atomic mass is 10.0. The van der Waals surface area contributed by atoms with Gasteiger partial charge in [-0.1, -0.05) is 17.7 Å². The molecule has 170 valence electrons. The Hall–Kier alpha value is -3.02. The minimum atomic E-state index is -3.67. The quantitative estimate of drug-likeness (QED) is 0.438. The second kappa shape index (κ2) is 7.51. The first kappa shape index (κ1) is 21.8. The van der Waals surface area contributed by atoms with E-state index in [0.717, 1.165) is 9.87 Å². The Morgan fingerprint density at radius 1 is 1.30 bits per heavy atom. The van der Waals surface area contributed by atoms with Crippen LogP contribution in [0.5, 0.6) is 0 Å². The molecule has 0 saturated carbocycles. The Balaban J connectivity index is 1.67. The summed E-state index contributed by atoms with van der Waals surface area (Å²) in [5.74, 6) is -0.855. The summed E-state index contributed by atoms with van der Waals surface area (Å²) >= 11 is 7.95. The maximum absolute atomic E-state index is 15.2. The van der Waals surface area contributed by atoms with Gasteiger partial charge in [0.1, 0.15) is 11.4 Å². The van der Waals surface area contributed by atoms with Crippen LogP contribution in [0, 0.1) is 5.82 Å². The fraction of sp³-hybridized carbons (Fsp3) is 0.190. The van der Waals surface area contributed by atoms with Gasteiger partial charge in [-0.05, 0) is 30.7 Å². The lowest BCUT2D eigenvalue weighted by molar-refractivity contribution is 0.482. The predicted octanol–water partition coefficient (Wildman–Crippen LogP) is 3.95. The highest BCUT2D eigenvalue weighted by molar-refractivity contribution is 7.89. The number of pyridine rings is 1. The van der Waals surface area contributed by atoms with E-state index in [1.165, 1.54) is 24.5 Å². The van der Waals surface area contributed by atoms with Crippen molar-refractivity contribution >= 4 is 49.0 Å². The summed E-state index contributed by atoms with van der Waals surface area (Å²) in [6.45, 7) is 1.67. The van der Waals surface area contributed by atoms with Gasteiger partial charge in [-0.25, -0.2) is 22.1 Å². The fourth-order valence-corrected chi connectivity index (χ4v) is 7.24. The molecule has 5 rings (SSSR count). The number of thiophene rings is 1. The molecule has 0 bridgehead atoms. The standard InChI is InChI=1S/C21H18ClFN6O2S2/c1-21(10-33(30,31)29(2)20(24)28-21)19-16(22)14-5-6-25-17(18(14)32-19)13-4-3-11(7-15(13)23)12-8-26-27-9-12/h3-9H,10H2,1-2H3,(H2,24,28)(H,26,27). The van der Waals surface area contributed by atoms with Crippen LogP contribution in [0.3, 0.4) is 0 Å². The first-order valence-electron chi connectivity index (χ1n) is 9.79. The van der Waals surface area contributed by atoms with Gasteiger partial charge in [0.05, 0.1) is 32.2 Å². The van der Waals surface area contributed by atoms with Crippen LogP contribution in [0.2, 0.25) is 5.02 Å². The Labute approximate surface area is 198 Å². The molecule has 0 amide bonds. The average Bonchev–Trinajstić information content (AvgIpc) is 3.41. The summed E-state index contributed by atoms with van der Waals surface area (Å²) in [6.07, 6.45) is 4.84. The van der Waals surface area contributed by atoms with Crippen molar-refractivity contribution in [2.75, 3.05) is 12.8 Å². The zero-order valence-corrected chi connectivity index (χ0v) is 19.9. The van der Waals surface area contributed by atoms with Crippen LogP contribution in [-0.4, -0.2) is 46.7 Å². The molecule has 1 unspecified atom stereocenters. The zero-order valence-electron chi connectivity index (χ0n) is 17.5. The third-order valence-corrected chi connectivity index (χ3v) is 9.57. The normalized spacial score (nSPS) is 20.2. The summed E-state index contributed by atoms with van der Waals surface area (Å²) < 4.78 is 42.0. The second-order valence-corrected chi connectivity index (χ2v) is 11.3. The Bertz CT molecular complexity index is 1530. The van der Waals surface area contributed by atoms with Gasteiger partial charge < -0.3 is 5.73 Å². The number of benzene rings is 1.